The highest BCUT2D eigenvalue weighted by atomic mass is 19.3. The molecule has 2 aliphatic heterocycles. The van der Waals surface area contributed by atoms with E-state index in [4.69, 9.17) is 14.7 Å². The number of hydrogen-bond acceptors (Lipinski definition) is 11. The maximum Gasteiger partial charge on any atom is 0.267 e. The number of hydrogen-bond donors (Lipinski definition) is 4. The molecule has 1 unspecified atom stereocenters. The van der Waals surface area contributed by atoms with Crippen LogP contribution in [0.15, 0.2) is 50.1 Å². The predicted octanol–water partition coefficient (Wildman–Crippen LogP) is 3.98. The van der Waals surface area contributed by atoms with Crippen molar-refractivity contribution >= 4 is 46.0 Å². The van der Waals surface area contributed by atoms with Crippen LogP contribution in [0, 0.1) is 11.3 Å². The molecule has 3 aliphatic rings. The van der Waals surface area contributed by atoms with Gasteiger partial charge in [-0.2, -0.15) is 5.26 Å². The van der Waals surface area contributed by atoms with Crippen LogP contribution in [0.25, 0.3) is 22.3 Å². The number of amides is 4. The number of fused-ring (bicyclic) bond motifs is 2. The van der Waals surface area contributed by atoms with Gasteiger partial charge in [-0.05, 0) is 31.4 Å². The van der Waals surface area contributed by atoms with E-state index in [1.807, 2.05) is 6.07 Å². The first-order valence-electron chi connectivity index (χ1n) is 19.2. The highest BCUT2D eigenvalue weighted by molar-refractivity contribution is 6.05. The van der Waals surface area contributed by atoms with Crippen LogP contribution in [0.1, 0.15) is 78.5 Å². The summed E-state index contributed by atoms with van der Waals surface area (Å²) in [4.78, 5) is 74.7. The van der Waals surface area contributed by atoms with Crippen LogP contribution < -0.4 is 20.1 Å². The minimum Gasteiger partial charge on any atom is -0.473 e. The van der Waals surface area contributed by atoms with Crippen molar-refractivity contribution in [3.8, 4) is 17.8 Å². The second-order valence-electron chi connectivity index (χ2n) is 14.1. The zero-order valence-electron chi connectivity index (χ0n) is 31.8. The molecular weight excluding hydrogens is 756 g/mol. The number of carbonyl (C=O) groups is 4. The molecule has 0 spiro atoms. The summed E-state index contributed by atoms with van der Waals surface area (Å²) in [7, 11) is 0. The number of unbranched alkanes of at least 4 members (excludes halogenated alkanes) is 1. The van der Waals surface area contributed by atoms with Crippen LogP contribution in [0.4, 0.5) is 8.78 Å². The molecule has 1 saturated carbocycles. The number of alkyl halides is 2. The number of nitrogens with zero attached hydrogens (tertiary/aromatic N) is 7. The normalized spacial score (nSPS) is 18.1. The molecule has 17 nitrogen and oxygen atoms in total. The van der Waals surface area contributed by atoms with E-state index in [9.17, 15) is 28.0 Å². The van der Waals surface area contributed by atoms with Crippen LogP contribution in [-0.2, 0) is 9.59 Å². The number of rotatable bonds is 12. The molecule has 4 amide bonds. The summed E-state index contributed by atoms with van der Waals surface area (Å²) in [5, 5.41) is 13.7. The van der Waals surface area contributed by atoms with E-state index in [0.717, 1.165) is 0 Å². The van der Waals surface area contributed by atoms with E-state index < -0.39 is 17.9 Å². The van der Waals surface area contributed by atoms with Gasteiger partial charge in [0.25, 0.3) is 17.7 Å². The lowest BCUT2D eigenvalue weighted by Gasteiger charge is -2.31. The summed E-state index contributed by atoms with van der Waals surface area (Å²) in [5.41, 5.74) is 2.12. The smallest absolute Gasteiger partial charge is 0.267 e. The Morgan fingerprint density at radius 3 is 1.79 bits per heavy atom. The van der Waals surface area contributed by atoms with E-state index in [2.05, 4.69) is 53.7 Å². The fourth-order valence-corrected chi connectivity index (χ4v) is 7.00. The maximum atomic E-state index is 13.8. The predicted molar refractivity (Wildman–Crippen MR) is 206 cm³/mol. The Bertz CT molecular complexity index is 2180. The topological polar surface area (TPSA) is 224 Å². The lowest BCUT2D eigenvalue weighted by Crippen LogP contribution is -2.43. The molecule has 3 fully saturated rings. The summed E-state index contributed by atoms with van der Waals surface area (Å²) in [6, 6.07) is 0.866. The van der Waals surface area contributed by atoms with Crippen molar-refractivity contribution in [2.24, 2.45) is 0 Å². The van der Waals surface area contributed by atoms with Gasteiger partial charge in [0.2, 0.25) is 23.6 Å². The molecule has 1 aliphatic carbocycles. The van der Waals surface area contributed by atoms with Gasteiger partial charge in [0.1, 0.15) is 23.2 Å². The maximum absolute atomic E-state index is 13.8. The zero-order valence-corrected chi connectivity index (χ0v) is 31.8. The number of nitrogens with one attached hydrogen (secondary N) is 4. The zero-order chi connectivity index (χ0) is 41.2. The third-order valence-electron chi connectivity index (χ3n) is 10.2. The standard InChI is InChI=1S/C20H23F2N5O3.C19H22N6O3/c1-2-16(28)27-8-5-12(6-9-27)30-15-11-24-18-17(26-15)13(10-23-18)19(29)25-14-4-3-7-20(14,21)22;1-2-16(26)25-9-5-13(6-10-25)28-15-12-23-18-17(24-15)14(11-22-18)19(27)21-8-4-3-7-20/h2,10-12,14H,1,3-9H2,(H,23,24)(H,25,29);2,11-13H,1,3-6,8-10H2,(H,21,27)(H,22,23). The number of ether oxygens (including phenoxy) is 2. The average molecular weight is 802 g/mol. The Kier molecular flexibility index (Phi) is 13.3. The number of nitriles is 1. The molecule has 306 valence electrons. The van der Waals surface area contributed by atoms with E-state index >= 15 is 0 Å². The highest BCUT2D eigenvalue weighted by Crippen LogP contribution is 2.35. The molecule has 58 heavy (non-hydrogen) atoms. The number of aromatic amines is 2. The Hall–Kier alpha value is -6.45. The Labute approximate surface area is 332 Å². The second kappa shape index (κ2) is 18.7. The molecule has 7 rings (SSSR count). The molecule has 0 aromatic carbocycles. The SMILES string of the molecule is C=CC(=O)N1CCC(Oc2cnc3[nH]cc(C(=O)NC4CCCC4(F)F)c3n2)CC1.C=CC(=O)N1CCC(Oc2cnc3[nH]cc(C(=O)NCCCC#N)c3n2)CC1. The summed E-state index contributed by atoms with van der Waals surface area (Å²) < 4.78 is 39.5. The molecule has 4 aromatic rings. The number of halogens is 2. The lowest BCUT2D eigenvalue weighted by molar-refractivity contribution is -0.128. The fraction of sp³-hybridized carbons (Fsp3) is 0.462. The molecule has 4 aromatic heterocycles. The van der Waals surface area contributed by atoms with Crippen LogP contribution in [0.3, 0.4) is 0 Å². The summed E-state index contributed by atoms with van der Waals surface area (Å²) >= 11 is 0. The van der Waals surface area contributed by atoms with Crippen LogP contribution >= 0.6 is 0 Å². The Morgan fingerprint density at radius 2 is 1.34 bits per heavy atom. The molecule has 0 bridgehead atoms. The molecule has 1 atom stereocenters. The van der Waals surface area contributed by atoms with E-state index in [0.29, 0.717) is 106 Å². The van der Waals surface area contributed by atoms with Crippen molar-refractivity contribution in [2.75, 3.05) is 32.7 Å². The summed E-state index contributed by atoms with van der Waals surface area (Å²) in [5.74, 6) is -3.37. The van der Waals surface area contributed by atoms with Crippen molar-refractivity contribution in [3.05, 3.63) is 61.2 Å². The first kappa shape index (κ1) is 41.2. The van der Waals surface area contributed by atoms with E-state index in [1.165, 1.54) is 30.7 Å². The minimum atomic E-state index is -2.90. The Morgan fingerprint density at radius 1 is 0.845 bits per heavy atom. The van der Waals surface area contributed by atoms with Gasteiger partial charge in [-0.1, -0.05) is 13.2 Å². The monoisotopic (exact) mass is 801 g/mol. The van der Waals surface area contributed by atoms with Crippen molar-refractivity contribution in [2.45, 2.75) is 82.0 Å². The van der Waals surface area contributed by atoms with E-state index in [-0.39, 0.29) is 59.7 Å². The first-order chi connectivity index (χ1) is 28.0. The van der Waals surface area contributed by atoms with Crippen LogP contribution in [0.5, 0.6) is 11.8 Å². The van der Waals surface area contributed by atoms with Gasteiger partial charge in [-0.3, -0.25) is 19.2 Å². The molecule has 0 radical (unpaired) electrons. The van der Waals surface area contributed by atoms with Gasteiger partial charge < -0.3 is 39.9 Å². The van der Waals surface area contributed by atoms with E-state index in [1.54, 1.807) is 16.0 Å². The quantitative estimate of drug-likeness (QED) is 0.118. The minimum absolute atomic E-state index is 0.0668. The molecule has 2 saturated heterocycles. The van der Waals surface area contributed by atoms with Gasteiger partial charge in [-0.25, -0.2) is 28.7 Å². The Balaban J connectivity index is 0.000000196. The van der Waals surface area contributed by atoms with Crippen LogP contribution in [0.2, 0.25) is 0 Å². The second-order valence-corrected chi connectivity index (χ2v) is 14.1. The van der Waals surface area contributed by atoms with Gasteiger partial charge in [0.05, 0.1) is 35.6 Å². The molecule has 19 heteroatoms. The first-order valence-corrected chi connectivity index (χ1v) is 19.2. The molecule has 4 N–H and O–H groups in total. The lowest BCUT2D eigenvalue weighted by atomic mass is 10.1. The summed E-state index contributed by atoms with van der Waals surface area (Å²) in [6.07, 6.45) is 12.4. The van der Waals surface area contributed by atoms with Crippen molar-refractivity contribution in [1.29, 1.82) is 5.26 Å². The fourth-order valence-electron chi connectivity index (χ4n) is 7.00. The third-order valence-corrected chi connectivity index (χ3v) is 10.2. The molecular formula is C39H45F2N11O6. The van der Waals surface area contributed by atoms with Gasteiger partial charge in [0.15, 0.2) is 11.3 Å². The van der Waals surface area contributed by atoms with Crippen LogP contribution in [-0.4, -0.2) is 120 Å². The number of H-pyrrole nitrogens is 2. The summed E-state index contributed by atoms with van der Waals surface area (Å²) in [6.45, 7) is 9.73. The van der Waals surface area contributed by atoms with Gasteiger partial charge >= 0.3 is 0 Å². The van der Waals surface area contributed by atoms with Crippen molar-refractivity contribution < 1.29 is 37.4 Å². The number of likely N-dealkylation sites (tertiary alicyclic amines) is 2. The highest BCUT2D eigenvalue weighted by Gasteiger charge is 2.45. The number of piperidine rings is 2. The molecule has 6 heterocycles. The third kappa shape index (κ3) is 9.91. The largest absolute Gasteiger partial charge is 0.473 e. The van der Waals surface area contributed by atoms with Gasteiger partial charge in [-0.15, -0.1) is 0 Å². The number of aromatic nitrogens is 6. The van der Waals surface area contributed by atoms with Gasteiger partial charge in [0, 0.05) is 83.6 Å². The van der Waals surface area contributed by atoms with Crippen molar-refractivity contribution in [1.82, 2.24) is 50.3 Å². The average Bonchev–Trinajstić information content (AvgIpc) is 3.95. The van der Waals surface area contributed by atoms with Crippen molar-refractivity contribution in [3.63, 3.8) is 0 Å². The number of carbonyl (C=O) groups excluding carboxylic acids is 4.